The van der Waals surface area contributed by atoms with E-state index in [9.17, 15) is 8.42 Å². The number of guanidine groups is 1. The molecule has 0 heterocycles. The van der Waals surface area contributed by atoms with Crippen LogP contribution >= 0.6 is 35.7 Å². The number of aliphatic imine (C=N–C) groups is 1. The molecule has 0 saturated heterocycles. The van der Waals surface area contributed by atoms with Gasteiger partial charge in [-0.1, -0.05) is 37.3 Å². The van der Waals surface area contributed by atoms with Crippen molar-refractivity contribution in [3.05, 3.63) is 60.2 Å². The van der Waals surface area contributed by atoms with E-state index in [1.165, 1.54) is 11.9 Å². The molecule has 0 aliphatic carbocycles. The maximum absolute atomic E-state index is 11.9. The molecule has 0 aliphatic heterocycles. The second-order valence-electron chi connectivity index (χ2n) is 5.90. The summed E-state index contributed by atoms with van der Waals surface area (Å²) in [4.78, 5) is 5.71. The molecule has 0 spiro atoms. The zero-order valence-electron chi connectivity index (χ0n) is 16.2. The van der Waals surface area contributed by atoms with Crippen molar-refractivity contribution < 1.29 is 8.42 Å². The fraction of sp³-hybridized carbons (Fsp3) is 0.316. The number of benzene rings is 2. The van der Waals surface area contributed by atoms with Crippen LogP contribution in [0.4, 0.5) is 0 Å². The molecule has 0 radical (unpaired) electrons. The van der Waals surface area contributed by atoms with Gasteiger partial charge in [0.1, 0.15) is 0 Å². The van der Waals surface area contributed by atoms with Crippen molar-refractivity contribution in [1.82, 2.24) is 15.4 Å². The summed E-state index contributed by atoms with van der Waals surface area (Å²) in [6.07, 6.45) is 0. The number of hydrogen-bond donors (Lipinski definition) is 3. The van der Waals surface area contributed by atoms with Crippen LogP contribution in [0, 0.1) is 0 Å². The minimum Gasteiger partial charge on any atom is -0.355 e. The molecule has 1 atom stereocenters. The Balaban J connectivity index is 0.00000392. The van der Waals surface area contributed by atoms with E-state index >= 15 is 0 Å². The van der Waals surface area contributed by atoms with E-state index in [2.05, 4.69) is 39.4 Å². The van der Waals surface area contributed by atoms with Crippen molar-refractivity contribution in [3.8, 4) is 0 Å². The van der Waals surface area contributed by atoms with Gasteiger partial charge in [-0.05, 0) is 36.9 Å². The van der Waals surface area contributed by atoms with Gasteiger partial charge in [0.2, 0.25) is 10.0 Å². The lowest BCUT2D eigenvalue weighted by Crippen LogP contribution is -2.39. The molecule has 3 N–H and O–H groups in total. The van der Waals surface area contributed by atoms with Crippen LogP contribution in [-0.2, 0) is 16.6 Å². The molecule has 28 heavy (non-hydrogen) atoms. The quantitative estimate of drug-likeness (QED) is 0.210. The van der Waals surface area contributed by atoms with Gasteiger partial charge >= 0.3 is 0 Å². The van der Waals surface area contributed by atoms with E-state index in [1.807, 2.05) is 24.3 Å². The van der Waals surface area contributed by atoms with E-state index in [-0.39, 0.29) is 28.9 Å². The largest absolute Gasteiger partial charge is 0.355 e. The van der Waals surface area contributed by atoms with Crippen molar-refractivity contribution in [2.75, 3.05) is 20.6 Å². The summed E-state index contributed by atoms with van der Waals surface area (Å²) in [6.45, 7) is 3.39. The summed E-state index contributed by atoms with van der Waals surface area (Å²) in [5, 5.41) is 6.89. The summed E-state index contributed by atoms with van der Waals surface area (Å²) in [5.74, 6) is 0.678. The normalized spacial score (nSPS) is 12.8. The van der Waals surface area contributed by atoms with E-state index < -0.39 is 10.0 Å². The molecule has 0 aromatic heterocycles. The summed E-state index contributed by atoms with van der Waals surface area (Å²) in [7, 11) is -0.325. The minimum atomic E-state index is -3.44. The molecule has 2 aromatic rings. The zero-order valence-corrected chi connectivity index (χ0v) is 20.1. The standard InChI is InChI=1S/C19H26N4O2S2.HI/c1-15(26-17-9-5-4-6-10-17)13-22-19(20-2)23-14-16-8-7-11-18(12-16)27(24,25)21-3;/h4-12,15,21H,13-14H2,1-3H3,(H2,20,22,23);1H. The average Bonchev–Trinajstić information content (AvgIpc) is 2.69. The molecule has 154 valence electrons. The molecule has 6 nitrogen and oxygen atoms in total. The van der Waals surface area contributed by atoms with Gasteiger partial charge in [-0.25, -0.2) is 13.1 Å². The minimum absolute atomic E-state index is 0. The fourth-order valence-electron chi connectivity index (χ4n) is 2.36. The Morgan fingerprint density at radius 1 is 1.11 bits per heavy atom. The van der Waals surface area contributed by atoms with Crippen LogP contribution in [-0.4, -0.2) is 40.3 Å². The highest BCUT2D eigenvalue weighted by Gasteiger charge is 2.11. The lowest BCUT2D eigenvalue weighted by molar-refractivity contribution is 0.588. The van der Waals surface area contributed by atoms with E-state index in [0.717, 1.165) is 12.1 Å². The number of nitrogens with one attached hydrogen (secondary N) is 3. The van der Waals surface area contributed by atoms with Crippen LogP contribution in [0.1, 0.15) is 12.5 Å². The van der Waals surface area contributed by atoms with Gasteiger partial charge in [-0.2, -0.15) is 0 Å². The van der Waals surface area contributed by atoms with Crippen molar-refractivity contribution in [1.29, 1.82) is 0 Å². The second-order valence-corrected chi connectivity index (χ2v) is 9.30. The summed E-state index contributed by atoms with van der Waals surface area (Å²) < 4.78 is 26.1. The first-order valence-corrected chi connectivity index (χ1v) is 11.0. The first-order chi connectivity index (χ1) is 12.9. The third kappa shape index (κ3) is 7.98. The molecule has 0 amide bonds. The molecule has 9 heteroatoms. The van der Waals surface area contributed by atoms with Crippen LogP contribution in [0.25, 0.3) is 0 Å². The maximum atomic E-state index is 11.9. The molecule has 0 fully saturated rings. The molecule has 0 bridgehead atoms. The first-order valence-electron chi connectivity index (χ1n) is 8.63. The van der Waals surface area contributed by atoms with Gasteiger partial charge in [-0.3, -0.25) is 4.99 Å². The molecular weight excluding hydrogens is 507 g/mol. The Bertz CT molecular complexity index is 861. The lowest BCUT2D eigenvalue weighted by atomic mass is 10.2. The van der Waals surface area contributed by atoms with Crippen LogP contribution in [0.3, 0.4) is 0 Å². The SMILES string of the molecule is CN=C(NCc1cccc(S(=O)(=O)NC)c1)NCC(C)Sc1ccccc1.I. The van der Waals surface area contributed by atoms with Gasteiger partial charge in [0, 0.05) is 30.3 Å². The molecule has 0 saturated carbocycles. The summed E-state index contributed by atoms with van der Waals surface area (Å²) in [5.41, 5.74) is 0.862. The molecule has 2 aromatic carbocycles. The Hall–Kier alpha value is -1.30. The predicted octanol–water partition coefficient (Wildman–Crippen LogP) is 3.06. The highest BCUT2D eigenvalue weighted by atomic mass is 127. The smallest absolute Gasteiger partial charge is 0.240 e. The highest BCUT2D eigenvalue weighted by Crippen LogP contribution is 2.21. The number of rotatable bonds is 8. The van der Waals surface area contributed by atoms with Crippen LogP contribution < -0.4 is 15.4 Å². The van der Waals surface area contributed by atoms with Crippen molar-refractivity contribution >= 4 is 51.7 Å². The number of thioether (sulfide) groups is 1. The van der Waals surface area contributed by atoms with Crippen molar-refractivity contribution in [3.63, 3.8) is 0 Å². The van der Waals surface area contributed by atoms with Crippen LogP contribution in [0.2, 0.25) is 0 Å². The van der Waals surface area contributed by atoms with Gasteiger partial charge < -0.3 is 10.6 Å². The summed E-state index contributed by atoms with van der Waals surface area (Å²) >= 11 is 1.80. The average molecular weight is 534 g/mol. The third-order valence-corrected chi connectivity index (χ3v) is 6.32. The monoisotopic (exact) mass is 534 g/mol. The lowest BCUT2D eigenvalue weighted by Gasteiger charge is -2.16. The van der Waals surface area contributed by atoms with Crippen molar-refractivity contribution in [2.24, 2.45) is 4.99 Å². The van der Waals surface area contributed by atoms with E-state index in [4.69, 9.17) is 0 Å². The number of nitrogens with zero attached hydrogens (tertiary/aromatic N) is 1. The number of hydrogen-bond acceptors (Lipinski definition) is 4. The predicted molar refractivity (Wildman–Crippen MR) is 128 cm³/mol. The van der Waals surface area contributed by atoms with Crippen LogP contribution in [0.5, 0.6) is 0 Å². The van der Waals surface area contributed by atoms with Gasteiger partial charge in [0.25, 0.3) is 0 Å². The van der Waals surface area contributed by atoms with Gasteiger partial charge in [0.05, 0.1) is 4.90 Å². The van der Waals surface area contributed by atoms with Crippen LogP contribution in [0.15, 0.2) is 69.4 Å². The molecule has 2 rings (SSSR count). The van der Waals surface area contributed by atoms with Crippen molar-refractivity contribution in [2.45, 2.75) is 28.5 Å². The maximum Gasteiger partial charge on any atom is 0.240 e. The molecule has 1 unspecified atom stereocenters. The highest BCUT2D eigenvalue weighted by molar-refractivity contribution is 14.0. The number of sulfonamides is 1. The Morgan fingerprint density at radius 3 is 2.46 bits per heavy atom. The molecular formula is C19H27IN4O2S2. The summed E-state index contributed by atoms with van der Waals surface area (Å²) in [6, 6.07) is 17.1. The topological polar surface area (TPSA) is 82.6 Å². The van der Waals surface area contributed by atoms with E-state index in [0.29, 0.717) is 17.8 Å². The van der Waals surface area contributed by atoms with Gasteiger partial charge in [-0.15, -0.1) is 35.7 Å². The second kappa shape index (κ2) is 12.3. The Morgan fingerprint density at radius 2 is 1.82 bits per heavy atom. The molecule has 0 aliphatic rings. The van der Waals surface area contributed by atoms with E-state index in [1.54, 1.807) is 37.0 Å². The third-order valence-electron chi connectivity index (χ3n) is 3.80. The Kier molecular flexibility index (Phi) is 10.9. The van der Waals surface area contributed by atoms with Gasteiger partial charge in [0.15, 0.2) is 5.96 Å². The fourth-order valence-corrected chi connectivity index (χ4v) is 4.11. The Labute approximate surface area is 189 Å². The number of halogens is 1. The first kappa shape index (κ1) is 24.7. The zero-order chi connectivity index (χ0) is 19.7.